The van der Waals surface area contributed by atoms with Gasteiger partial charge in [0.05, 0.1) is 0 Å². The largest absolute Gasteiger partial charge is 0.373 e. The predicted molar refractivity (Wildman–Crippen MR) is 76.7 cm³/mol. The highest BCUT2D eigenvalue weighted by atomic mass is 15.1. The van der Waals surface area contributed by atoms with E-state index in [0.717, 1.165) is 18.3 Å². The molecular weight excluding hydrogens is 222 g/mol. The topological polar surface area (TPSA) is 28.2 Å². The van der Waals surface area contributed by atoms with Crippen LogP contribution in [0.1, 0.15) is 38.2 Å². The van der Waals surface area contributed by atoms with Crippen LogP contribution in [-0.2, 0) is 6.54 Å². The predicted octanol–water partition coefficient (Wildman–Crippen LogP) is 3.14. The van der Waals surface area contributed by atoms with E-state index < -0.39 is 0 Å². The maximum absolute atomic E-state index is 4.37. The maximum atomic E-state index is 4.37. The lowest BCUT2D eigenvalue weighted by Gasteiger charge is -2.32. The van der Waals surface area contributed by atoms with Crippen LogP contribution in [0.2, 0.25) is 0 Å². The summed E-state index contributed by atoms with van der Waals surface area (Å²) in [6.45, 7) is 5.80. The molecule has 0 amide bonds. The van der Waals surface area contributed by atoms with Gasteiger partial charge in [-0.15, -0.1) is 0 Å². The van der Waals surface area contributed by atoms with Crippen LogP contribution in [0.15, 0.2) is 18.3 Å². The van der Waals surface area contributed by atoms with Crippen LogP contribution in [0.4, 0.5) is 5.82 Å². The molecule has 0 aliphatic carbocycles. The minimum absolute atomic E-state index is 0.962. The molecule has 0 spiro atoms. The molecule has 3 nitrogen and oxygen atoms in total. The van der Waals surface area contributed by atoms with Gasteiger partial charge in [-0.25, -0.2) is 4.98 Å². The van der Waals surface area contributed by atoms with E-state index in [2.05, 4.69) is 28.2 Å². The number of piperidine rings is 1. The third kappa shape index (κ3) is 3.45. The van der Waals surface area contributed by atoms with Gasteiger partial charge in [-0.2, -0.15) is 0 Å². The summed E-state index contributed by atoms with van der Waals surface area (Å²) in [5.41, 5.74) is 1.31. The highest BCUT2D eigenvalue weighted by Crippen LogP contribution is 2.23. The van der Waals surface area contributed by atoms with Crippen LogP contribution in [0.25, 0.3) is 0 Å². The molecule has 3 heteroatoms. The van der Waals surface area contributed by atoms with Crippen LogP contribution in [0.3, 0.4) is 0 Å². The Balaban J connectivity index is 1.87. The molecule has 2 heterocycles. The van der Waals surface area contributed by atoms with E-state index in [-0.39, 0.29) is 0 Å². The van der Waals surface area contributed by atoms with Crippen LogP contribution in [0.5, 0.6) is 0 Å². The Morgan fingerprint density at radius 3 is 2.83 bits per heavy atom. The zero-order chi connectivity index (χ0) is 12.8. The second-order valence-electron chi connectivity index (χ2n) is 5.27. The average molecular weight is 247 g/mol. The molecule has 18 heavy (non-hydrogen) atoms. The molecule has 100 valence electrons. The number of hydrogen-bond donors (Lipinski definition) is 1. The molecule has 1 aromatic rings. The molecule has 0 bridgehead atoms. The summed E-state index contributed by atoms with van der Waals surface area (Å²) in [6, 6.07) is 4.21. The first kappa shape index (κ1) is 13.3. The average Bonchev–Trinajstić information content (AvgIpc) is 2.42. The van der Waals surface area contributed by atoms with Crippen LogP contribution in [-0.4, -0.2) is 30.0 Å². The van der Waals surface area contributed by atoms with Crippen molar-refractivity contribution >= 4 is 5.82 Å². The lowest BCUT2D eigenvalue weighted by atomic mass is 9.92. The molecule has 1 aliphatic heterocycles. The Kier molecular flexibility index (Phi) is 5.00. The first-order valence-corrected chi connectivity index (χ1v) is 7.17. The van der Waals surface area contributed by atoms with Gasteiger partial charge < -0.3 is 5.32 Å². The molecule has 2 rings (SSSR count). The van der Waals surface area contributed by atoms with Crippen molar-refractivity contribution in [3.63, 3.8) is 0 Å². The molecule has 0 unspecified atom stereocenters. The summed E-state index contributed by atoms with van der Waals surface area (Å²) < 4.78 is 0. The van der Waals surface area contributed by atoms with Gasteiger partial charge in [0.25, 0.3) is 0 Å². The van der Waals surface area contributed by atoms with Gasteiger partial charge in [0.2, 0.25) is 0 Å². The van der Waals surface area contributed by atoms with E-state index in [1.807, 2.05) is 19.3 Å². The van der Waals surface area contributed by atoms with Gasteiger partial charge in [-0.05, 0) is 37.9 Å². The van der Waals surface area contributed by atoms with Crippen LogP contribution in [0, 0.1) is 5.92 Å². The zero-order valence-electron chi connectivity index (χ0n) is 11.7. The number of anilines is 1. The Labute approximate surface area is 111 Å². The van der Waals surface area contributed by atoms with E-state index in [0.29, 0.717) is 0 Å². The highest BCUT2D eigenvalue weighted by molar-refractivity contribution is 5.42. The minimum atomic E-state index is 0.962. The third-order valence-corrected chi connectivity index (χ3v) is 3.93. The first-order valence-electron chi connectivity index (χ1n) is 7.17. The summed E-state index contributed by atoms with van der Waals surface area (Å²) in [4.78, 5) is 6.93. The van der Waals surface area contributed by atoms with Gasteiger partial charge in [0.1, 0.15) is 5.82 Å². The van der Waals surface area contributed by atoms with Crippen molar-refractivity contribution in [2.75, 3.05) is 25.5 Å². The number of likely N-dealkylation sites (tertiary alicyclic amines) is 1. The van der Waals surface area contributed by atoms with Crippen LogP contribution < -0.4 is 5.32 Å². The number of rotatable bonds is 5. The van der Waals surface area contributed by atoms with Gasteiger partial charge in [0, 0.05) is 25.4 Å². The summed E-state index contributed by atoms with van der Waals surface area (Å²) in [6.07, 6.45) is 7.31. The fourth-order valence-electron chi connectivity index (χ4n) is 2.87. The maximum Gasteiger partial charge on any atom is 0.130 e. The smallest absolute Gasteiger partial charge is 0.130 e. The van der Waals surface area contributed by atoms with E-state index >= 15 is 0 Å². The summed E-state index contributed by atoms with van der Waals surface area (Å²) in [5, 5.41) is 3.18. The molecular formula is C15H25N3. The quantitative estimate of drug-likeness (QED) is 0.866. The molecule has 1 aromatic heterocycles. The Hall–Kier alpha value is -1.09. The fourth-order valence-corrected chi connectivity index (χ4v) is 2.87. The Bertz CT molecular complexity index is 357. The van der Waals surface area contributed by atoms with Gasteiger partial charge in [-0.3, -0.25) is 4.90 Å². The summed E-state index contributed by atoms with van der Waals surface area (Å²) in [5.74, 6) is 1.98. The molecule has 1 saturated heterocycles. The van der Waals surface area contributed by atoms with E-state index in [1.54, 1.807) is 0 Å². The number of nitrogens with one attached hydrogen (secondary N) is 1. The number of aromatic nitrogens is 1. The van der Waals surface area contributed by atoms with Gasteiger partial charge in [-0.1, -0.05) is 25.8 Å². The number of nitrogens with zero attached hydrogens (tertiary/aromatic N) is 2. The number of pyridine rings is 1. The Morgan fingerprint density at radius 2 is 2.17 bits per heavy atom. The summed E-state index contributed by atoms with van der Waals surface area (Å²) in [7, 11) is 1.94. The van der Waals surface area contributed by atoms with Crippen molar-refractivity contribution in [2.24, 2.45) is 5.92 Å². The van der Waals surface area contributed by atoms with Crippen molar-refractivity contribution in [1.29, 1.82) is 0 Å². The fraction of sp³-hybridized carbons (Fsp3) is 0.667. The third-order valence-electron chi connectivity index (χ3n) is 3.93. The Morgan fingerprint density at radius 1 is 1.39 bits per heavy atom. The van der Waals surface area contributed by atoms with Crippen molar-refractivity contribution in [3.05, 3.63) is 23.9 Å². The van der Waals surface area contributed by atoms with Gasteiger partial charge >= 0.3 is 0 Å². The lowest BCUT2D eigenvalue weighted by Crippen LogP contribution is -2.33. The molecule has 1 fully saturated rings. The monoisotopic (exact) mass is 247 g/mol. The molecule has 0 radical (unpaired) electrons. The second-order valence-corrected chi connectivity index (χ2v) is 5.27. The normalized spacial score (nSPS) is 17.9. The first-order chi connectivity index (χ1) is 8.83. The van der Waals surface area contributed by atoms with Crippen molar-refractivity contribution < 1.29 is 0 Å². The molecule has 0 saturated carbocycles. The number of hydrogen-bond acceptors (Lipinski definition) is 3. The van der Waals surface area contributed by atoms with Gasteiger partial charge in [0.15, 0.2) is 0 Å². The van der Waals surface area contributed by atoms with Crippen LogP contribution >= 0.6 is 0 Å². The van der Waals surface area contributed by atoms with Crippen molar-refractivity contribution in [2.45, 2.75) is 39.2 Å². The van der Waals surface area contributed by atoms with Crippen molar-refractivity contribution in [1.82, 2.24) is 9.88 Å². The zero-order valence-corrected chi connectivity index (χ0v) is 11.7. The molecule has 1 aliphatic rings. The standard InChI is InChI=1S/C15H25N3/c1-3-5-13-7-10-18(11-8-13)12-14-6-4-9-17-15(14)16-2/h4,6,9,13H,3,5,7-8,10-12H2,1-2H3,(H,16,17). The van der Waals surface area contributed by atoms with E-state index in [1.165, 1.54) is 44.3 Å². The molecule has 1 N–H and O–H groups in total. The minimum Gasteiger partial charge on any atom is -0.373 e. The SMILES string of the molecule is CCCC1CCN(Cc2cccnc2NC)CC1. The van der Waals surface area contributed by atoms with Crippen molar-refractivity contribution in [3.8, 4) is 0 Å². The lowest BCUT2D eigenvalue weighted by molar-refractivity contribution is 0.172. The molecule has 0 atom stereocenters. The highest BCUT2D eigenvalue weighted by Gasteiger charge is 2.19. The van der Waals surface area contributed by atoms with E-state index in [9.17, 15) is 0 Å². The summed E-state index contributed by atoms with van der Waals surface area (Å²) >= 11 is 0. The molecule has 0 aromatic carbocycles. The van der Waals surface area contributed by atoms with E-state index in [4.69, 9.17) is 0 Å². The second kappa shape index (κ2) is 6.74.